The number of rotatable bonds is 4. The summed E-state index contributed by atoms with van der Waals surface area (Å²) in [5, 5.41) is 6.02. The van der Waals surface area contributed by atoms with Gasteiger partial charge < -0.3 is 10.1 Å². The Morgan fingerprint density at radius 3 is 2.52 bits per heavy atom. The second-order valence-electron chi connectivity index (χ2n) is 7.01. The number of ether oxygens (including phenoxy) is 1. The zero-order valence-electron chi connectivity index (χ0n) is 14.9. The van der Waals surface area contributed by atoms with Gasteiger partial charge in [0.25, 0.3) is 0 Å². The van der Waals surface area contributed by atoms with Crippen LogP contribution in [0, 0.1) is 0 Å². The summed E-state index contributed by atoms with van der Waals surface area (Å²) >= 11 is 0. The summed E-state index contributed by atoms with van der Waals surface area (Å²) < 4.78 is 5.31. The summed E-state index contributed by atoms with van der Waals surface area (Å²) in [5.41, 5.74) is 1.41. The van der Waals surface area contributed by atoms with Crippen LogP contribution in [0.1, 0.15) is 12.0 Å². The van der Waals surface area contributed by atoms with Gasteiger partial charge in [-0.2, -0.15) is 0 Å². The highest BCUT2D eigenvalue weighted by Crippen LogP contribution is 2.23. The van der Waals surface area contributed by atoms with Gasteiger partial charge in [0.2, 0.25) is 0 Å². The van der Waals surface area contributed by atoms with Crippen molar-refractivity contribution in [2.75, 3.05) is 46.4 Å². The van der Waals surface area contributed by atoms with Crippen molar-refractivity contribution in [2.24, 2.45) is 0 Å². The second kappa shape index (κ2) is 8.37. The average molecular weight is 362 g/mol. The second-order valence-corrected chi connectivity index (χ2v) is 7.01. The summed E-state index contributed by atoms with van der Waals surface area (Å²) in [7, 11) is 1.72. The fourth-order valence-electron chi connectivity index (χ4n) is 3.99. The Balaban J connectivity index is 0.00000182. The van der Waals surface area contributed by atoms with Crippen LogP contribution in [-0.4, -0.2) is 62.2 Å². The Morgan fingerprint density at radius 2 is 1.80 bits per heavy atom. The fraction of sp³-hybridized carbons (Fsp3) is 0.500. The normalized spacial score (nSPS) is 22.0. The zero-order valence-corrected chi connectivity index (χ0v) is 15.7. The Hall–Kier alpha value is -1.33. The molecule has 0 saturated carbocycles. The number of methoxy groups -OCH3 is 1. The lowest BCUT2D eigenvalue weighted by atomic mass is 10.1. The van der Waals surface area contributed by atoms with Crippen molar-refractivity contribution in [3.63, 3.8) is 0 Å². The zero-order chi connectivity index (χ0) is 16.4. The molecular weight excluding hydrogens is 334 g/mol. The van der Waals surface area contributed by atoms with E-state index in [1.54, 1.807) is 7.11 Å². The maximum atomic E-state index is 5.31. The van der Waals surface area contributed by atoms with Gasteiger partial charge in [0, 0.05) is 45.3 Å². The van der Waals surface area contributed by atoms with Crippen LogP contribution in [0.25, 0.3) is 10.8 Å². The van der Waals surface area contributed by atoms with Crippen molar-refractivity contribution >= 4 is 23.2 Å². The van der Waals surface area contributed by atoms with E-state index in [1.807, 2.05) is 6.07 Å². The van der Waals surface area contributed by atoms with Gasteiger partial charge in [-0.05, 0) is 47.5 Å². The van der Waals surface area contributed by atoms with E-state index in [1.165, 1.54) is 62.0 Å². The number of fused-ring (bicyclic) bond motifs is 1. The van der Waals surface area contributed by atoms with E-state index in [4.69, 9.17) is 4.74 Å². The highest BCUT2D eigenvalue weighted by Gasteiger charge is 2.25. The van der Waals surface area contributed by atoms with E-state index in [2.05, 4.69) is 45.4 Å². The number of halogens is 1. The van der Waals surface area contributed by atoms with Gasteiger partial charge in [0.1, 0.15) is 5.75 Å². The van der Waals surface area contributed by atoms with Gasteiger partial charge in [-0.3, -0.25) is 9.80 Å². The molecule has 0 aromatic heterocycles. The Bertz CT molecular complexity index is 694. The Kier molecular flexibility index (Phi) is 6.18. The number of hydrogen-bond acceptors (Lipinski definition) is 4. The lowest BCUT2D eigenvalue weighted by molar-refractivity contribution is 0.0981. The van der Waals surface area contributed by atoms with Gasteiger partial charge in [-0.25, -0.2) is 0 Å². The molecule has 5 heteroatoms. The standard InChI is InChI=1S/C20H27N3O.ClH/c1-24-20-5-4-17-12-16(2-3-18(17)13-20)15-22-8-10-23(11-9-22)19-6-7-21-14-19;/h2-5,12-13,19,21H,6-11,14-15H2,1H3;1H. The number of benzene rings is 2. The molecule has 25 heavy (non-hydrogen) atoms. The topological polar surface area (TPSA) is 27.7 Å². The van der Waals surface area contributed by atoms with Crippen molar-refractivity contribution in [2.45, 2.75) is 19.0 Å². The summed E-state index contributed by atoms with van der Waals surface area (Å²) in [6.45, 7) is 8.18. The van der Waals surface area contributed by atoms with Crippen LogP contribution < -0.4 is 10.1 Å². The first-order valence-corrected chi connectivity index (χ1v) is 9.05. The van der Waals surface area contributed by atoms with E-state index >= 15 is 0 Å². The molecule has 0 aliphatic carbocycles. The molecule has 2 heterocycles. The van der Waals surface area contributed by atoms with Crippen LogP contribution in [0.3, 0.4) is 0 Å². The minimum atomic E-state index is 0. The smallest absolute Gasteiger partial charge is 0.119 e. The number of hydrogen-bond donors (Lipinski definition) is 1. The van der Waals surface area contributed by atoms with Crippen LogP contribution in [0.4, 0.5) is 0 Å². The fourth-order valence-corrected chi connectivity index (χ4v) is 3.99. The largest absolute Gasteiger partial charge is 0.497 e. The molecule has 136 valence electrons. The molecule has 4 rings (SSSR count). The van der Waals surface area contributed by atoms with Gasteiger partial charge in [-0.1, -0.05) is 18.2 Å². The molecule has 2 saturated heterocycles. The minimum absolute atomic E-state index is 0. The summed E-state index contributed by atoms with van der Waals surface area (Å²) in [6, 6.07) is 13.9. The summed E-state index contributed by atoms with van der Waals surface area (Å²) in [6.07, 6.45) is 1.31. The molecule has 2 fully saturated rings. The Labute approximate surface area is 156 Å². The first-order valence-electron chi connectivity index (χ1n) is 9.05. The maximum Gasteiger partial charge on any atom is 0.119 e. The maximum absolute atomic E-state index is 5.31. The van der Waals surface area contributed by atoms with Crippen molar-refractivity contribution in [3.05, 3.63) is 42.0 Å². The van der Waals surface area contributed by atoms with Gasteiger partial charge in [0.05, 0.1) is 7.11 Å². The van der Waals surface area contributed by atoms with Crippen molar-refractivity contribution in [1.82, 2.24) is 15.1 Å². The third kappa shape index (κ3) is 4.26. The first-order chi connectivity index (χ1) is 11.8. The molecule has 0 bridgehead atoms. The molecule has 0 radical (unpaired) electrons. The quantitative estimate of drug-likeness (QED) is 0.906. The highest BCUT2D eigenvalue weighted by atomic mass is 35.5. The molecule has 0 spiro atoms. The van der Waals surface area contributed by atoms with Gasteiger partial charge in [0.15, 0.2) is 0 Å². The third-order valence-electron chi connectivity index (χ3n) is 5.48. The van der Waals surface area contributed by atoms with Crippen molar-refractivity contribution in [1.29, 1.82) is 0 Å². The first kappa shape index (κ1) is 18.5. The van der Waals surface area contributed by atoms with Crippen LogP contribution >= 0.6 is 12.4 Å². The molecule has 2 aliphatic rings. The number of nitrogens with one attached hydrogen (secondary N) is 1. The third-order valence-corrected chi connectivity index (χ3v) is 5.48. The van der Waals surface area contributed by atoms with E-state index < -0.39 is 0 Å². The van der Waals surface area contributed by atoms with Gasteiger partial charge in [-0.15, -0.1) is 12.4 Å². The number of piperazine rings is 1. The van der Waals surface area contributed by atoms with Crippen LogP contribution in [-0.2, 0) is 6.54 Å². The molecule has 2 aromatic rings. The Morgan fingerprint density at radius 1 is 1.04 bits per heavy atom. The van der Waals surface area contributed by atoms with Crippen molar-refractivity contribution in [3.8, 4) is 5.75 Å². The van der Waals surface area contributed by atoms with Crippen LogP contribution in [0.2, 0.25) is 0 Å². The number of nitrogens with zero attached hydrogens (tertiary/aromatic N) is 2. The minimum Gasteiger partial charge on any atom is -0.497 e. The molecule has 1 atom stereocenters. The van der Waals surface area contributed by atoms with E-state index in [0.29, 0.717) is 0 Å². The van der Waals surface area contributed by atoms with Crippen molar-refractivity contribution < 1.29 is 4.74 Å². The molecule has 4 nitrogen and oxygen atoms in total. The molecular formula is C20H28ClN3O. The molecule has 2 aliphatic heterocycles. The molecule has 1 unspecified atom stereocenters. The predicted molar refractivity (Wildman–Crippen MR) is 106 cm³/mol. The molecule has 1 N–H and O–H groups in total. The average Bonchev–Trinajstić information content (AvgIpc) is 3.16. The van der Waals surface area contributed by atoms with Gasteiger partial charge >= 0.3 is 0 Å². The lowest BCUT2D eigenvalue weighted by Crippen LogP contribution is -2.50. The summed E-state index contributed by atoms with van der Waals surface area (Å²) in [5.74, 6) is 0.924. The molecule has 0 amide bonds. The lowest BCUT2D eigenvalue weighted by Gasteiger charge is -2.37. The van der Waals surface area contributed by atoms with Crippen LogP contribution in [0.5, 0.6) is 5.75 Å². The van der Waals surface area contributed by atoms with E-state index in [0.717, 1.165) is 18.3 Å². The van der Waals surface area contributed by atoms with E-state index in [-0.39, 0.29) is 12.4 Å². The van der Waals surface area contributed by atoms with Crippen LogP contribution in [0.15, 0.2) is 36.4 Å². The highest BCUT2D eigenvalue weighted by molar-refractivity contribution is 5.85. The summed E-state index contributed by atoms with van der Waals surface area (Å²) in [4.78, 5) is 5.26. The predicted octanol–water partition coefficient (Wildman–Crippen LogP) is 2.75. The molecule has 2 aromatic carbocycles. The van der Waals surface area contributed by atoms with E-state index in [9.17, 15) is 0 Å². The monoisotopic (exact) mass is 361 g/mol. The SMILES string of the molecule is COc1ccc2cc(CN3CCN(C4CCNC4)CC3)ccc2c1.Cl.